The van der Waals surface area contributed by atoms with E-state index >= 15 is 0 Å². The van der Waals surface area contributed by atoms with E-state index in [9.17, 15) is 20.1 Å². The molecule has 13 atom stereocenters. The Balaban J connectivity index is 0.937. The van der Waals surface area contributed by atoms with Gasteiger partial charge in [-0.2, -0.15) is 0 Å². The summed E-state index contributed by atoms with van der Waals surface area (Å²) in [4.78, 5) is 12.8. The van der Waals surface area contributed by atoms with E-state index in [1.807, 2.05) is 0 Å². The van der Waals surface area contributed by atoms with Crippen LogP contribution in [0.3, 0.4) is 0 Å². The predicted molar refractivity (Wildman–Crippen MR) is 165 cm³/mol. The van der Waals surface area contributed by atoms with Crippen LogP contribution in [-0.2, 0) is 14.3 Å². The van der Waals surface area contributed by atoms with Gasteiger partial charge in [0.1, 0.15) is 0 Å². The molecule has 8 fully saturated rings. The van der Waals surface area contributed by atoms with Gasteiger partial charge in [-0.25, -0.2) is 0 Å². The highest BCUT2D eigenvalue weighted by molar-refractivity contribution is 5.69. The summed E-state index contributed by atoms with van der Waals surface area (Å²) >= 11 is 0. The summed E-state index contributed by atoms with van der Waals surface area (Å²) < 4.78 is 11.8. The van der Waals surface area contributed by atoms with Crippen molar-refractivity contribution < 1.29 is 29.6 Å². The molecule has 6 heteroatoms. The van der Waals surface area contributed by atoms with E-state index in [4.69, 9.17) is 9.47 Å². The summed E-state index contributed by atoms with van der Waals surface area (Å²) in [6.07, 6.45) is 13.2. The summed E-state index contributed by atoms with van der Waals surface area (Å²) in [6, 6.07) is 0. The fraction of sp³-hybridized carbons (Fsp3) is 0.973. The molecule has 0 radical (unpaired) electrons. The quantitative estimate of drug-likeness (QED) is 0.224. The van der Waals surface area contributed by atoms with Crippen molar-refractivity contribution in [3.8, 4) is 0 Å². The summed E-state index contributed by atoms with van der Waals surface area (Å²) in [5, 5.41) is 32.6. The largest absolute Gasteiger partial charge is 0.438 e. The van der Waals surface area contributed by atoms with Gasteiger partial charge in [0.2, 0.25) is 0 Å². The molecule has 7 unspecified atom stereocenters. The molecule has 0 saturated heterocycles. The lowest BCUT2D eigenvalue weighted by atomic mass is 9.39. The van der Waals surface area contributed by atoms with E-state index in [1.165, 1.54) is 25.7 Å². The molecule has 0 aromatic carbocycles. The summed E-state index contributed by atoms with van der Waals surface area (Å²) in [5.41, 5.74) is -1.54. The Morgan fingerprint density at radius 2 is 1.58 bits per heavy atom. The lowest BCUT2D eigenvalue weighted by Crippen LogP contribution is -2.66. The number of fused-ring (bicyclic) bond motifs is 5. The van der Waals surface area contributed by atoms with Crippen LogP contribution in [0.2, 0.25) is 0 Å². The number of ether oxygens (including phenoxy) is 2. The monoisotopic (exact) mass is 600 g/mol. The highest BCUT2D eigenvalue weighted by atomic mass is 16.7. The van der Waals surface area contributed by atoms with Crippen LogP contribution >= 0.6 is 0 Å². The van der Waals surface area contributed by atoms with Gasteiger partial charge in [0, 0.05) is 25.7 Å². The Labute approximate surface area is 260 Å². The van der Waals surface area contributed by atoms with Crippen molar-refractivity contribution in [2.75, 3.05) is 6.79 Å². The number of hydrogen-bond donors (Lipinski definition) is 3. The first kappa shape index (κ1) is 30.9. The standard InChI is InChI=1S/C37H60O6/c1-22-13-30-32(24(3)23(2)29-14-27(38)11-12-33(29,30)4)28-10-9-26(34(22,28)5)7-6-8-31(39)42-21-43-37-17-25-15-35(40,19-37)18-36(41,16-25)20-37/h22-30,32,38,40-41H,6-21H2,1-5H3/t22-,23-,24+,25?,26?,27+,28?,29?,30?,32?,33-,34+,35?,36?,37?/m0/s1. The molecule has 8 aliphatic carbocycles. The minimum Gasteiger partial charge on any atom is -0.438 e. The van der Waals surface area contributed by atoms with Gasteiger partial charge >= 0.3 is 5.97 Å². The number of carbonyl (C=O) groups excluding carboxylic acids is 1. The maximum atomic E-state index is 12.8. The molecule has 6 nitrogen and oxygen atoms in total. The van der Waals surface area contributed by atoms with Gasteiger partial charge < -0.3 is 24.8 Å². The van der Waals surface area contributed by atoms with Crippen LogP contribution < -0.4 is 0 Å². The van der Waals surface area contributed by atoms with Gasteiger partial charge in [-0.3, -0.25) is 4.79 Å². The molecule has 244 valence electrons. The molecule has 3 N–H and O–H groups in total. The average molecular weight is 601 g/mol. The van der Waals surface area contributed by atoms with Crippen LogP contribution in [0.25, 0.3) is 0 Å². The van der Waals surface area contributed by atoms with Gasteiger partial charge in [0.05, 0.1) is 22.9 Å². The SMILES string of the molecule is C[C@@H]1C2C[C@H](O)CC[C@]2(C)C2C[C@H](C)[C@]3(C)C(CCCC(=O)OCOC45CC6CC(O)(CC(O)(C6)C4)C5)CCC3C2[C@@H]1C. The number of rotatable bonds is 7. The third kappa shape index (κ3) is 4.89. The maximum absolute atomic E-state index is 12.8. The molecule has 4 bridgehead atoms. The molecule has 0 aliphatic heterocycles. The number of carbonyl (C=O) groups is 1. The Hall–Kier alpha value is -0.690. The minimum atomic E-state index is -0.838. The zero-order valence-electron chi connectivity index (χ0n) is 27.7. The highest BCUT2D eigenvalue weighted by Crippen LogP contribution is 2.71. The lowest BCUT2D eigenvalue weighted by Gasteiger charge is -2.66. The number of aliphatic hydroxyl groups excluding tert-OH is 1. The van der Waals surface area contributed by atoms with Crippen LogP contribution in [0.5, 0.6) is 0 Å². The van der Waals surface area contributed by atoms with Gasteiger partial charge in [-0.05, 0) is 135 Å². The van der Waals surface area contributed by atoms with Gasteiger partial charge in [0.15, 0.2) is 6.79 Å². The Morgan fingerprint density at radius 1 is 0.860 bits per heavy atom. The van der Waals surface area contributed by atoms with Crippen molar-refractivity contribution in [3.63, 3.8) is 0 Å². The summed E-state index contributed by atoms with van der Waals surface area (Å²) in [7, 11) is 0. The lowest BCUT2D eigenvalue weighted by molar-refractivity contribution is -0.282. The fourth-order valence-electron chi connectivity index (χ4n) is 14.2. The molecular formula is C37H60O6. The van der Waals surface area contributed by atoms with E-state index in [1.54, 1.807) is 0 Å². The number of hydrogen-bond acceptors (Lipinski definition) is 6. The predicted octanol–water partition coefficient (Wildman–Crippen LogP) is 6.63. The topological polar surface area (TPSA) is 96.2 Å². The second-order valence-electron chi connectivity index (χ2n) is 18.1. The smallest absolute Gasteiger partial charge is 0.307 e. The highest BCUT2D eigenvalue weighted by Gasteiger charge is 2.66. The molecule has 8 saturated carbocycles. The second kappa shape index (κ2) is 10.4. The minimum absolute atomic E-state index is 0.0755. The molecule has 0 amide bonds. The van der Waals surface area contributed by atoms with Crippen LogP contribution in [0, 0.1) is 64.1 Å². The summed E-state index contributed by atoms with van der Waals surface area (Å²) in [6.45, 7) is 12.7. The van der Waals surface area contributed by atoms with Crippen LogP contribution in [0.4, 0.5) is 0 Å². The molecule has 0 spiro atoms. The molecule has 0 aromatic heterocycles. The normalized spacial score (nSPS) is 56.7. The second-order valence-corrected chi connectivity index (χ2v) is 18.1. The van der Waals surface area contributed by atoms with E-state index in [-0.39, 0.29) is 24.8 Å². The zero-order chi connectivity index (χ0) is 30.6. The van der Waals surface area contributed by atoms with Crippen molar-refractivity contribution in [1.82, 2.24) is 0 Å². The number of aliphatic hydroxyl groups is 3. The Morgan fingerprint density at radius 3 is 2.28 bits per heavy atom. The van der Waals surface area contributed by atoms with Crippen molar-refractivity contribution in [2.45, 2.75) is 154 Å². The van der Waals surface area contributed by atoms with E-state index < -0.39 is 16.8 Å². The molecule has 0 heterocycles. The molecule has 0 aromatic rings. The Bertz CT molecular complexity index is 1070. The van der Waals surface area contributed by atoms with Crippen molar-refractivity contribution in [1.29, 1.82) is 0 Å². The zero-order valence-corrected chi connectivity index (χ0v) is 27.7. The Kier molecular flexibility index (Phi) is 7.49. The van der Waals surface area contributed by atoms with E-state index in [0.29, 0.717) is 66.1 Å². The van der Waals surface area contributed by atoms with Gasteiger partial charge in [0.25, 0.3) is 0 Å². The van der Waals surface area contributed by atoms with Gasteiger partial charge in [-0.1, -0.05) is 34.6 Å². The fourth-order valence-corrected chi connectivity index (χ4v) is 14.2. The average Bonchev–Trinajstić information content (AvgIpc) is 3.24. The first-order valence-corrected chi connectivity index (χ1v) is 18.1. The van der Waals surface area contributed by atoms with Crippen LogP contribution in [0.15, 0.2) is 0 Å². The van der Waals surface area contributed by atoms with E-state index in [0.717, 1.165) is 62.7 Å². The summed E-state index contributed by atoms with van der Waals surface area (Å²) in [5.74, 6) is 5.77. The third-order valence-electron chi connectivity index (χ3n) is 15.9. The van der Waals surface area contributed by atoms with Crippen LogP contribution in [0.1, 0.15) is 131 Å². The van der Waals surface area contributed by atoms with Crippen molar-refractivity contribution >= 4 is 5.97 Å². The van der Waals surface area contributed by atoms with Gasteiger partial charge in [-0.15, -0.1) is 0 Å². The van der Waals surface area contributed by atoms with Crippen LogP contribution in [-0.4, -0.2) is 51.0 Å². The maximum Gasteiger partial charge on any atom is 0.307 e. The molecular weight excluding hydrogens is 540 g/mol. The van der Waals surface area contributed by atoms with E-state index in [2.05, 4.69) is 34.6 Å². The first-order valence-electron chi connectivity index (χ1n) is 18.1. The molecule has 43 heavy (non-hydrogen) atoms. The van der Waals surface area contributed by atoms with Crippen molar-refractivity contribution in [2.24, 2.45) is 64.1 Å². The first-order chi connectivity index (χ1) is 20.2. The number of esters is 1. The molecule has 8 aliphatic rings. The molecule has 8 rings (SSSR count). The third-order valence-corrected chi connectivity index (χ3v) is 15.9. The van der Waals surface area contributed by atoms with Crippen molar-refractivity contribution in [3.05, 3.63) is 0 Å².